The van der Waals surface area contributed by atoms with Gasteiger partial charge in [-0.25, -0.2) is 0 Å². The fourth-order valence-electron chi connectivity index (χ4n) is 4.26. The molecule has 3 nitrogen and oxygen atoms in total. The van der Waals surface area contributed by atoms with Gasteiger partial charge in [0.05, 0.1) is 13.0 Å². The number of ether oxygens (including phenoxy) is 1. The smallest absolute Gasteiger partial charge is 0.228 e. The van der Waals surface area contributed by atoms with E-state index < -0.39 is 0 Å². The lowest BCUT2D eigenvalue weighted by Crippen LogP contribution is -2.14. The summed E-state index contributed by atoms with van der Waals surface area (Å²) in [6, 6.07) is 28.3. The number of hydrogen-bond donors (Lipinski definition) is 1. The molecule has 0 saturated heterocycles. The number of anilines is 1. The fourth-order valence-corrected chi connectivity index (χ4v) is 4.48. The number of fused-ring (bicyclic) bond motifs is 1. The van der Waals surface area contributed by atoms with E-state index in [4.69, 9.17) is 16.3 Å². The predicted octanol–water partition coefficient (Wildman–Crippen LogP) is 7.10. The summed E-state index contributed by atoms with van der Waals surface area (Å²) in [5, 5.41) is 3.72. The highest BCUT2D eigenvalue weighted by atomic mass is 35.5. The lowest BCUT2D eigenvalue weighted by atomic mass is 10.00. The Balaban J connectivity index is 1.22. The molecular formula is C29H24ClNO2. The molecule has 164 valence electrons. The average molecular weight is 454 g/mol. The molecule has 0 aliphatic carbocycles. The highest BCUT2D eigenvalue weighted by Gasteiger charge is 2.13. The zero-order valence-electron chi connectivity index (χ0n) is 18.4. The molecule has 1 aliphatic rings. The van der Waals surface area contributed by atoms with E-state index >= 15 is 0 Å². The van der Waals surface area contributed by atoms with Crippen molar-refractivity contribution in [1.82, 2.24) is 0 Å². The lowest BCUT2D eigenvalue weighted by molar-refractivity contribution is -0.115. The van der Waals surface area contributed by atoms with Crippen LogP contribution in [0, 0.1) is 6.92 Å². The number of halogens is 1. The van der Waals surface area contributed by atoms with Gasteiger partial charge in [-0.3, -0.25) is 4.79 Å². The number of aryl methyl sites for hydroxylation is 1. The minimum absolute atomic E-state index is 0.0344. The first-order chi connectivity index (χ1) is 16.0. The van der Waals surface area contributed by atoms with Crippen molar-refractivity contribution >= 4 is 23.2 Å². The van der Waals surface area contributed by atoms with E-state index in [0.717, 1.165) is 57.3 Å². The van der Waals surface area contributed by atoms with Crippen LogP contribution in [0.5, 0.6) is 5.75 Å². The molecule has 1 heterocycles. The SMILES string of the molecule is Cc1cc(Cl)ccc1-c1ccc(NC(=O)Cc2ccc(-c3ccc4c(c3)CCO4)cc2)cc1. The van der Waals surface area contributed by atoms with E-state index in [2.05, 4.69) is 29.6 Å². The molecule has 0 saturated carbocycles. The first-order valence-corrected chi connectivity index (χ1v) is 11.4. The number of carbonyl (C=O) groups is 1. The van der Waals surface area contributed by atoms with Gasteiger partial charge in [0, 0.05) is 17.1 Å². The highest BCUT2D eigenvalue weighted by molar-refractivity contribution is 6.30. The van der Waals surface area contributed by atoms with E-state index in [1.54, 1.807) is 0 Å². The number of nitrogens with one attached hydrogen (secondary N) is 1. The summed E-state index contributed by atoms with van der Waals surface area (Å²) in [5.74, 6) is 0.955. The molecule has 0 unspecified atom stereocenters. The van der Waals surface area contributed by atoms with Crippen molar-refractivity contribution in [2.75, 3.05) is 11.9 Å². The van der Waals surface area contributed by atoms with Crippen LogP contribution in [0.2, 0.25) is 5.02 Å². The van der Waals surface area contributed by atoms with Gasteiger partial charge < -0.3 is 10.1 Å². The summed E-state index contributed by atoms with van der Waals surface area (Å²) in [6.07, 6.45) is 1.29. The standard InChI is InChI=1S/C29H24ClNO2/c1-19-16-25(30)9-12-27(19)22-6-10-26(11-7-22)31-29(32)17-20-2-4-21(5-3-20)23-8-13-28-24(18-23)14-15-33-28/h2-13,16,18H,14-15,17H2,1H3,(H,31,32). The first kappa shape index (κ1) is 21.3. The Morgan fingerprint density at radius 3 is 2.36 bits per heavy atom. The molecule has 0 bridgehead atoms. The van der Waals surface area contributed by atoms with E-state index in [1.807, 2.05) is 67.6 Å². The van der Waals surface area contributed by atoms with Crippen LogP contribution in [0.1, 0.15) is 16.7 Å². The van der Waals surface area contributed by atoms with Crippen molar-refractivity contribution in [3.8, 4) is 28.0 Å². The predicted molar refractivity (Wildman–Crippen MR) is 135 cm³/mol. The third kappa shape index (κ3) is 4.79. The fraction of sp³-hybridized carbons (Fsp3) is 0.138. The second-order valence-electron chi connectivity index (χ2n) is 8.38. The number of benzene rings is 4. The molecule has 0 radical (unpaired) electrons. The summed E-state index contributed by atoms with van der Waals surface area (Å²) in [4.78, 5) is 12.6. The van der Waals surface area contributed by atoms with Gasteiger partial charge in [0.2, 0.25) is 5.91 Å². The molecule has 1 amide bonds. The zero-order chi connectivity index (χ0) is 22.8. The molecule has 1 N–H and O–H groups in total. The Hall–Kier alpha value is -3.56. The molecule has 33 heavy (non-hydrogen) atoms. The van der Waals surface area contributed by atoms with Crippen LogP contribution in [0.4, 0.5) is 5.69 Å². The minimum Gasteiger partial charge on any atom is -0.493 e. The topological polar surface area (TPSA) is 38.3 Å². The van der Waals surface area contributed by atoms with E-state index in [-0.39, 0.29) is 5.91 Å². The minimum atomic E-state index is -0.0344. The molecule has 1 aliphatic heterocycles. The van der Waals surface area contributed by atoms with Crippen LogP contribution in [0.3, 0.4) is 0 Å². The zero-order valence-corrected chi connectivity index (χ0v) is 19.2. The molecule has 0 spiro atoms. The normalized spacial score (nSPS) is 12.2. The molecule has 0 aromatic heterocycles. The maximum Gasteiger partial charge on any atom is 0.228 e. The van der Waals surface area contributed by atoms with Gasteiger partial charge in [-0.1, -0.05) is 60.1 Å². The van der Waals surface area contributed by atoms with Crippen molar-refractivity contribution in [2.24, 2.45) is 0 Å². The molecular weight excluding hydrogens is 430 g/mol. The molecule has 5 rings (SSSR count). The summed E-state index contributed by atoms with van der Waals surface area (Å²) in [7, 11) is 0. The van der Waals surface area contributed by atoms with Crippen LogP contribution in [-0.4, -0.2) is 12.5 Å². The Labute approximate surface area is 199 Å². The summed E-state index contributed by atoms with van der Waals surface area (Å²) in [5.41, 5.74) is 8.68. The van der Waals surface area contributed by atoms with Crippen LogP contribution >= 0.6 is 11.6 Å². The van der Waals surface area contributed by atoms with Crippen LogP contribution in [0.15, 0.2) is 84.9 Å². The number of hydrogen-bond acceptors (Lipinski definition) is 2. The monoisotopic (exact) mass is 453 g/mol. The maximum atomic E-state index is 12.6. The quantitative estimate of drug-likeness (QED) is 0.350. The maximum absolute atomic E-state index is 12.6. The van der Waals surface area contributed by atoms with Crippen molar-refractivity contribution in [2.45, 2.75) is 19.8 Å². The largest absolute Gasteiger partial charge is 0.493 e. The molecule has 4 aromatic rings. The van der Waals surface area contributed by atoms with Gasteiger partial charge in [-0.2, -0.15) is 0 Å². The number of rotatable bonds is 5. The Bertz CT molecular complexity index is 1310. The third-order valence-electron chi connectivity index (χ3n) is 6.01. The second kappa shape index (κ2) is 9.13. The van der Waals surface area contributed by atoms with Gasteiger partial charge in [-0.05, 0) is 82.3 Å². The Morgan fingerprint density at radius 2 is 1.61 bits per heavy atom. The van der Waals surface area contributed by atoms with Crippen LogP contribution in [-0.2, 0) is 17.6 Å². The second-order valence-corrected chi connectivity index (χ2v) is 8.82. The van der Waals surface area contributed by atoms with Crippen molar-refractivity contribution in [3.63, 3.8) is 0 Å². The van der Waals surface area contributed by atoms with Gasteiger partial charge in [0.1, 0.15) is 5.75 Å². The average Bonchev–Trinajstić information content (AvgIpc) is 3.28. The first-order valence-electron chi connectivity index (χ1n) is 11.1. The molecule has 0 fully saturated rings. The van der Waals surface area contributed by atoms with Crippen molar-refractivity contribution < 1.29 is 9.53 Å². The van der Waals surface area contributed by atoms with E-state index in [9.17, 15) is 4.79 Å². The summed E-state index contributed by atoms with van der Waals surface area (Å²) >= 11 is 6.06. The molecule has 4 aromatic carbocycles. The van der Waals surface area contributed by atoms with Crippen LogP contribution < -0.4 is 10.1 Å². The number of amides is 1. The van der Waals surface area contributed by atoms with E-state index in [1.165, 1.54) is 11.1 Å². The third-order valence-corrected chi connectivity index (χ3v) is 6.24. The van der Waals surface area contributed by atoms with E-state index in [0.29, 0.717) is 6.42 Å². The van der Waals surface area contributed by atoms with Crippen molar-refractivity contribution in [3.05, 3.63) is 107 Å². The van der Waals surface area contributed by atoms with Gasteiger partial charge in [-0.15, -0.1) is 0 Å². The summed E-state index contributed by atoms with van der Waals surface area (Å²) < 4.78 is 5.59. The van der Waals surface area contributed by atoms with Gasteiger partial charge in [0.25, 0.3) is 0 Å². The highest BCUT2D eigenvalue weighted by Crippen LogP contribution is 2.31. The number of carbonyl (C=O) groups excluding carboxylic acids is 1. The van der Waals surface area contributed by atoms with Gasteiger partial charge in [0.15, 0.2) is 0 Å². The molecule has 4 heteroatoms. The lowest BCUT2D eigenvalue weighted by Gasteiger charge is -2.10. The molecule has 0 atom stereocenters. The Kier molecular flexibility index (Phi) is 5.89. The van der Waals surface area contributed by atoms with Gasteiger partial charge >= 0.3 is 0 Å². The van der Waals surface area contributed by atoms with Crippen LogP contribution in [0.25, 0.3) is 22.3 Å². The Morgan fingerprint density at radius 1 is 0.879 bits per heavy atom. The summed E-state index contributed by atoms with van der Waals surface area (Å²) in [6.45, 7) is 2.80. The van der Waals surface area contributed by atoms with Crippen molar-refractivity contribution in [1.29, 1.82) is 0 Å².